The van der Waals surface area contributed by atoms with E-state index in [0.29, 0.717) is 5.75 Å². The zero-order chi connectivity index (χ0) is 21.3. The minimum Gasteiger partial charge on any atom is -0.480 e. The molecule has 2 aromatic carbocycles. The van der Waals surface area contributed by atoms with Crippen molar-refractivity contribution < 1.29 is 31.9 Å². The Balaban J connectivity index is 1.53. The number of halogens is 3. The molecule has 9 heteroatoms. The number of para-hydroxylation sites is 1. The second kappa shape index (κ2) is 7.58. The molecule has 0 bridgehead atoms. The molecule has 30 heavy (non-hydrogen) atoms. The molecule has 3 aromatic rings. The number of hydrogen-bond acceptors (Lipinski definition) is 4. The van der Waals surface area contributed by atoms with Crippen molar-refractivity contribution >= 4 is 23.2 Å². The van der Waals surface area contributed by atoms with E-state index in [2.05, 4.69) is 10.6 Å². The van der Waals surface area contributed by atoms with Gasteiger partial charge in [0.2, 0.25) is 0 Å². The summed E-state index contributed by atoms with van der Waals surface area (Å²) in [7, 11) is 0. The maximum absolute atomic E-state index is 13.6. The Labute approximate surface area is 168 Å². The van der Waals surface area contributed by atoms with Crippen LogP contribution in [0.4, 0.5) is 24.5 Å². The lowest BCUT2D eigenvalue weighted by Crippen LogP contribution is -2.32. The zero-order valence-electron chi connectivity index (χ0n) is 15.3. The van der Waals surface area contributed by atoms with Crippen LogP contribution in [0.25, 0.3) is 0 Å². The molecule has 1 unspecified atom stereocenters. The van der Waals surface area contributed by atoms with Gasteiger partial charge in [-0.1, -0.05) is 18.2 Å². The number of carbonyl (C=O) groups excluding carboxylic acids is 2. The highest BCUT2D eigenvalue weighted by Crippen LogP contribution is 2.37. The predicted octanol–water partition coefficient (Wildman–Crippen LogP) is 4.49. The first-order valence-corrected chi connectivity index (χ1v) is 8.93. The molecule has 2 heterocycles. The van der Waals surface area contributed by atoms with Crippen molar-refractivity contribution in [3.8, 4) is 5.75 Å². The van der Waals surface area contributed by atoms with Gasteiger partial charge in [-0.25, -0.2) is 0 Å². The van der Waals surface area contributed by atoms with E-state index < -0.39 is 35.3 Å². The van der Waals surface area contributed by atoms with Gasteiger partial charge in [0.15, 0.2) is 11.9 Å². The van der Waals surface area contributed by atoms with Gasteiger partial charge in [0.25, 0.3) is 11.8 Å². The van der Waals surface area contributed by atoms with E-state index in [0.717, 1.165) is 17.7 Å². The minimum absolute atomic E-state index is 0.0427. The highest BCUT2D eigenvalue weighted by atomic mass is 19.4. The number of ether oxygens (including phenoxy) is 1. The molecule has 1 aliphatic rings. The first-order chi connectivity index (χ1) is 14.3. The van der Waals surface area contributed by atoms with Crippen LogP contribution < -0.4 is 15.4 Å². The summed E-state index contributed by atoms with van der Waals surface area (Å²) in [6, 6.07) is 13.0. The highest BCUT2D eigenvalue weighted by Gasteiger charge is 2.36. The van der Waals surface area contributed by atoms with Crippen molar-refractivity contribution in [3.05, 3.63) is 77.7 Å². The van der Waals surface area contributed by atoms with Crippen LogP contribution in [0, 0.1) is 0 Å². The molecule has 2 N–H and O–H groups in total. The van der Waals surface area contributed by atoms with Crippen LogP contribution >= 0.6 is 0 Å². The minimum atomic E-state index is -4.76. The molecule has 0 aliphatic carbocycles. The van der Waals surface area contributed by atoms with Gasteiger partial charge >= 0.3 is 6.18 Å². The fraction of sp³-hybridized carbons (Fsp3) is 0.143. The predicted molar refractivity (Wildman–Crippen MR) is 101 cm³/mol. The van der Waals surface area contributed by atoms with Crippen molar-refractivity contribution in [2.24, 2.45) is 0 Å². The number of nitrogens with one attached hydrogen (secondary N) is 2. The smallest absolute Gasteiger partial charge is 0.418 e. The second-order valence-electron chi connectivity index (χ2n) is 6.60. The summed E-state index contributed by atoms with van der Waals surface area (Å²) in [5, 5.41) is 4.62. The van der Waals surface area contributed by atoms with Gasteiger partial charge in [-0.2, -0.15) is 13.2 Å². The lowest BCUT2D eigenvalue weighted by Gasteiger charge is -2.17. The first-order valence-electron chi connectivity index (χ1n) is 8.93. The summed E-state index contributed by atoms with van der Waals surface area (Å²) in [5.74, 6) is -0.894. The maximum Gasteiger partial charge on any atom is 0.418 e. The normalized spacial score (nSPS) is 15.2. The number of alkyl halides is 3. The lowest BCUT2D eigenvalue weighted by molar-refractivity contribution is -0.137. The van der Waals surface area contributed by atoms with Crippen molar-refractivity contribution in [3.63, 3.8) is 0 Å². The third-order valence-electron chi connectivity index (χ3n) is 4.53. The van der Waals surface area contributed by atoms with Crippen LogP contribution in [0.5, 0.6) is 5.75 Å². The van der Waals surface area contributed by atoms with E-state index in [1.165, 1.54) is 24.5 Å². The van der Waals surface area contributed by atoms with Crippen LogP contribution in [0.3, 0.4) is 0 Å². The number of amides is 2. The largest absolute Gasteiger partial charge is 0.480 e. The summed E-state index contributed by atoms with van der Waals surface area (Å²) >= 11 is 0. The Hall–Kier alpha value is -3.75. The van der Waals surface area contributed by atoms with Crippen LogP contribution in [-0.2, 0) is 17.4 Å². The molecule has 1 atom stereocenters. The third kappa shape index (κ3) is 4.00. The fourth-order valence-electron chi connectivity index (χ4n) is 3.11. The van der Waals surface area contributed by atoms with Gasteiger partial charge in [0.05, 0.1) is 17.5 Å². The zero-order valence-corrected chi connectivity index (χ0v) is 15.3. The topological polar surface area (TPSA) is 80.6 Å². The summed E-state index contributed by atoms with van der Waals surface area (Å²) < 4.78 is 51.1. The molecule has 0 saturated heterocycles. The van der Waals surface area contributed by atoms with Crippen molar-refractivity contribution in [1.82, 2.24) is 0 Å². The Bertz CT molecular complexity index is 1070. The maximum atomic E-state index is 13.6. The van der Waals surface area contributed by atoms with Gasteiger partial charge in [-0.3, -0.25) is 9.59 Å². The molecule has 0 radical (unpaired) electrons. The number of fused-ring (bicyclic) bond motifs is 1. The molecule has 2 amide bonds. The van der Waals surface area contributed by atoms with Gasteiger partial charge in [-0.15, -0.1) is 0 Å². The Morgan fingerprint density at radius 3 is 2.50 bits per heavy atom. The third-order valence-corrected chi connectivity index (χ3v) is 4.53. The number of furan rings is 1. The van der Waals surface area contributed by atoms with Crippen LogP contribution in [-0.4, -0.2) is 17.9 Å². The standard InChI is InChI=1S/C21H15F3N2O4/c22-21(23,24)14-11-13(25-19(27)17-6-3-9-29-17)7-8-15(14)26-20(28)18-10-12-4-1-2-5-16(12)30-18/h1-9,11,18H,10H2,(H,25,27)(H,26,28). The van der Waals surface area contributed by atoms with Gasteiger partial charge in [0.1, 0.15) is 5.75 Å². The second-order valence-corrected chi connectivity index (χ2v) is 6.60. The van der Waals surface area contributed by atoms with E-state index in [1.54, 1.807) is 24.3 Å². The molecule has 6 nitrogen and oxygen atoms in total. The van der Waals surface area contributed by atoms with Gasteiger partial charge in [0, 0.05) is 12.1 Å². The number of benzene rings is 2. The molecule has 4 rings (SSSR count). The van der Waals surface area contributed by atoms with Gasteiger partial charge in [-0.05, 0) is 42.0 Å². The quantitative estimate of drug-likeness (QED) is 0.657. The summed E-state index contributed by atoms with van der Waals surface area (Å²) in [5.41, 5.74) is -0.803. The Kier molecular flexibility index (Phi) is 4.94. The molecular weight excluding hydrogens is 401 g/mol. The molecule has 1 aromatic heterocycles. The van der Waals surface area contributed by atoms with Crippen molar-refractivity contribution in [2.45, 2.75) is 18.7 Å². The molecule has 0 spiro atoms. The van der Waals surface area contributed by atoms with E-state index in [9.17, 15) is 22.8 Å². The lowest BCUT2D eigenvalue weighted by atomic mass is 10.1. The van der Waals surface area contributed by atoms with Crippen LogP contribution in [0.15, 0.2) is 65.3 Å². The van der Waals surface area contributed by atoms with E-state index >= 15 is 0 Å². The Morgan fingerprint density at radius 2 is 1.80 bits per heavy atom. The molecule has 154 valence electrons. The average Bonchev–Trinajstić information content (AvgIpc) is 3.38. The molecule has 0 saturated carbocycles. The molecule has 1 aliphatic heterocycles. The molecular formula is C21H15F3N2O4. The summed E-state index contributed by atoms with van der Waals surface area (Å²) in [4.78, 5) is 24.5. The number of anilines is 2. The first kappa shape index (κ1) is 19.6. The van der Waals surface area contributed by atoms with Crippen LogP contribution in [0.2, 0.25) is 0 Å². The summed E-state index contributed by atoms with van der Waals surface area (Å²) in [6.07, 6.45) is -4.14. The van der Waals surface area contributed by atoms with E-state index in [1.807, 2.05) is 0 Å². The monoisotopic (exact) mass is 416 g/mol. The number of rotatable bonds is 4. The average molecular weight is 416 g/mol. The number of carbonyl (C=O) groups is 2. The van der Waals surface area contributed by atoms with E-state index in [-0.39, 0.29) is 17.9 Å². The highest BCUT2D eigenvalue weighted by molar-refractivity contribution is 6.02. The van der Waals surface area contributed by atoms with Gasteiger partial charge < -0.3 is 19.8 Å². The fourth-order valence-corrected chi connectivity index (χ4v) is 3.11. The Morgan fingerprint density at radius 1 is 1.00 bits per heavy atom. The number of hydrogen-bond donors (Lipinski definition) is 2. The van der Waals surface area contributed by atoms with Crippen LogP contribution in [0.1, 0.15) is 21.7 Å². The van der Waals surface area contributed by atoms with E-state index in [4.69, 9.17) is 9.15 Å². The molecule has 0 fully saturated rings. The summed E-state index contributed by atoms with van der Waals surface area (Å²) in [6.45, 7) is 0. The SMILES string of the molecule is O=C(Nc1ccc(NC(=O)C2Cc3ccccc3O2)c(C(F)(F)F)c1)c1ccco1. The van der Waals surface area contributed by atoms with Crippen molar-refractivity contribution in [2.75, 3.05) is 10.6 Å². The van der Waals surface area contributed by atoms with Crippen molar-refractivity contribution in [1.29, 1.82) is 0 Å².